The van der Waals surface area contributed by atoms with Crippen molar-refractivity contribution in [2.75, 3.05) is 13.1 Å². The van der Waals surface area contributed by atoms with Gasteiger partial charge in [-0.2, -0.15) is 5.26 Å². The molecule has 1 atom stereocenters. The molecule has 0 N–H and O–H groups in total. The van der Waals surface area contributed by atoms with Gasteiger partial charge in [0.1, 0.15) is 11.8 Å². The van der Waals surface area contributed by atoms with Crippen LogP contribution in [0.4, 0.5) is 0 Å². The molecule has 0 bridgehead atoms. The van der Waals surface area contributed by atoms with Crippen LogP contribution in [0.15, 0.2) is 17.2 Å². The second kappa shape index (κ2) is 5.27. The maximum absolute atomic E-state index is 12.6. The Hall–Kier alpha value is -2.00. The standard InChI is InChI=1S/C17H19N3O2S/c1-11-13(19-10-23-11)15(22)20-5-4-17(9-20)6-12(7-18)14(21)16(2,3)8-17/h6,10H,4-5,8-9H2,1-3H3/t17-/m0/s1. The molecule has 1 saturated heterocycles. The Kier molecular flexibility index (Phi) is 3.64. The zero-order chi connectivity index (χ0) is 16.8. The molecule has 23 heavy (non-hydrogen) atoms. The van der Waals surface area contributed by atoms with Crippen LogP contribution in [-0.2, 0) is 4.79 Å². The van der Waals surface area contributed by atoms with Crippen LogP contribution < -0.4 is 0 Å². The molecule has 0 radical (unpaired) electrons. The lowest BCUT2D eigenvalue weighted by atomic mass is 9.64. The first-order valence-corrected chi connectivity index (χ1v) is 8.53. The van der Waals surface area contributed by atoms with Gasteiger partial charge in [0.25, 0.3) is 5.91 Å². The summed E-state index contributed by atoms with van der Waals surface area (Å²) in [5.74, 6) is -0.145. The van der Waals surface area contributed by atoms with Crippen LogP contribution in [-0.4, -0.2) is 34.7 Å². The van der Waals surface area contributed by atoms with Gasteiger partial charge in [-0.1, -0.05) is 19.9 Å². The highest BCUT2D eigenvalue weighted by atomic mass is 32.1. The van der Waals surface area contributed by atoms with Gasteiger partial charge in [-0.25, -0.2) is 4.98 Å². The summed E-state index contributed by atoms with van der Waals surface area (Å²) < 4.78 is 0. The molecule has 6 heteroatoms. The number of aryl methyl sites for hydroxylation is 1. The first-order chi connectivity index (χ1) is 10.8. The summed E-state index contributed by atoms with van der Waals surface area (Å²) in [6.07, 6.45) is 3.26. The van der Waals surface area contributed by atoms with Gasteiger partial charge < -0.3 is 4.90 Å². The number of ketones is 1. The molecule has 0 unspecified atom stereocenters. The van der Waals surface area contributed by atoms with Crippen LogP contribution in [0.2, 0.25) is 0 Å². The fourth-order valence-electron chi connectivity index (χ4n) is 3.82. The number of rotatable bonds is 1. The molecule has 0 aromatic carbocycles. The Morgan fingerprint density at radius 1 is 1.48 bits per heavy atom. The number of hydrogen-bond acceptors (Lipinski definition) is 5. The first-order valence-electron chi connectivity index (χ1n) is 7.65. The number of carbonyl (C=O) groups excluding carboxylic acids is 2. The molecule has 1 fully saturated rings. The Labute approximate surface area is 139 Å². The van der Waals surface area contributed by atoms with Crippen LogP contribution in [0.25, 0.3) is 0 Å². The van der Waals surface area contributed by atoms with Crippen LogP contribution in [0.5, 0.6) is 0 Å². The second-order valence-electron chi connectivity index (χ2n) is 7.16. The number of thiazole rings is 1. The van der Waals surface area contributed by atoms with Crippen molar-refractivity contribution in [1.82, 2.24) is 9.88 Å². The Bertz CT molecular complexity index is 756. The number of aromatic nitrogens is 1. The van der Waals surface area contributed by atoms with Crippen LogP contribution >= 0.6 is 11.3 Å². The minimum atomic E-state index is -0.560. The van der Waals surface area contributed by atoms with E-state index in [0.717, 1.165) is 11.3 Å². The number of carbonyl (C=O) groups is 2. The predicted octanol–water partition coefficient (Wildman–Crippen LogP) is 2.73. The smallest absolute Gasteiger partial charge is 0.273 e. The van der Waals surface area contributed by atoms with E-state index in [-0.39, 0.29) is 22.7 Å². The van der Waals surface area contributed by atoms with Gasteiger partial charge in [-0.3, -0.25) is 9.59 Å². The van der Waals surface area contributed by atoms with E-state index in [0.29, 0.717) is 25.2 Å². The summed E-state index contributed by atoms with van der Waals surface area (Å²) in [4.78, 5) is 31.8. The van der Waals surface area contributed by atoms with Crippen molar-refractivity contribution >= 4 is 23.0 Å². The zero-order valence-electron chi connectivity index (χ0n) is 13.5. The van der Waals surface area contributed by atoms with Crippen molar-refractivity contribution in [2.45, 2.75) is 33.6 Å². The number of Topliss-reactive ketones (excluding diaryl/α,β-unsaturated/α-hetero) is 1. The Morgan fingerprint density at radius 2 is 2.22 bits per heavy atom. The Morgan fingerprint density at radius 3 is 2.83 bits per heavy atom. The molecule has 1 amide bonds. The maximum Gasteiger partial charge on any atom is 0.273 e. The molecule has 120 valence electrons. The summed E-state index contributed by atoms with van der Waals surface area (Å²) in [7, 11) is 0. The predicted molar refractivity (Wildman–Crippen MR) is 86.9 cm³/mol. The molecule has 1 spiro atoms. The third-order valence-electron chi connectivity index (χ3n) is 4.84. The second-order valence-corrected chi connectivity index (χ2v) is 8.21. The molecular weight excluding hydrogens is 310 g/mol. The molecule has 3 rings (SSSR count). The van der Waals surface area contributed by atoms with Gasteiger partial charge in [0.2, 0.25) is 0 Å². The van der Waals surface area contributed by atoms with Gasteiger partial charge in [-0.15, -0.1) is 11.3 Å². The molecule has 1 aromatic rings. The highest BCUT2D eigenvalue weighted by Gasteiger charge is 2.49. The molecule has 1 aromatic heterocycles. The number of allylic oxidation sites excluding steroid dienone is 1. The van der Waals surface area contributed by atoms with E-state index < -0.39 is 5.41 Å². The van der Waals surface area contributed by atoms with Crippen molar-refractivity contribution in [3.63, 3.8) is 0 Å². The monoisotopic (exact) mass is 329 g/mol. The lowest BCUT2D eigenvalue weighted by molar-refractivity contribution is -0.125. The van der Waals surface area contributed by atoms with Crippen molar-refractivity contribution in [3.8, 4) is 6.07 Å². The van der Waals surface area contributed by atoms with E-state index in [1.807, 2.05) is 32.9 Å². The molecule has 2 aliphatic rings. The van der Waals surface area contributed by atoms with Crippen LogP contribution in [0.1, 0.15) is 42.1 Å². The van der Waals surface area contributed by atoms with E-state index >= 15 is 0 Å². The average Bonchev–Trinajstić information content (AvgIpc) is 3.09. The topological polar surface area (TPSA) is 74.1 Å². The van der Waals surface area contributed by atoms with Crippen molar-refractivity contribution in [3.05, 3.63) is 27.7 Å². The fraction of sp³-hybridized carbons (Fsp3) is 0.529. The quantitative estimate of drug-likeness (QED) is 0.794. The third-order valence-corrected chi connectivity index (χ3v) is 5.60. The molecular formula is C17H19N3O2S. The largest absolute Gasteiger partial charge is 0.336 e. The van der Waals surface area contributed by atoms with Gasteiger partial charge in [0.05, 0.1) is 11.1 Å². The van der Waals surface area contributed by atoms with Crippen molar-refractivity contribution in [1.29, 1.82) is 5.26 Å². The summed E-state index contributed by atoms with van der Waals surface area (Å²) in [6.45, 7) is 6.85. The molecule has 1 aliphatic heterocycles. The molecule has 2 heterocycles. The third kappa shape index (κ3) is 2.59. The molecule has 0 saturated carbocycles. The normalized spacial score (nSPS) is 26.3. The Balaban J connectivity index is 1.88. The summed E-state index contributed by atoms with van der Waals surface area (Å²) in [5.41, 5.74) is 1.60. The lowest BCUT2D eigenvalue weighted by Crippen LogP contribution is -2.40. The number of likely N-dealkylation sites (tertiary alicyclic amines) is 1. The lowest BCUT2D eigenvalue weighted by Gasteiger charge is -2.38. The summed E-state index contributed by atoms with van der Waals surface area (Å²) in [5, 5.41) is 9.27. The van der Waals surface area contributed by atoms with Crippen molar-refractivity contribution in [2.24, 2.45) is 10.8 Å². The van der Waals surface area contributed by atoms with Crippen LogP contribution in [0.3, 0.4) is 0 Å². The number of amides is 1. The van der Waals surface area contributed by atoms with Gasteiger partial charge >= 0.3 is 0 Å². The molecule has 1 aliphatic carbocycles. The van der Waals surface area contributed by atoms with E-state index in [9.17, 15) is 14.9 Å². The molecule has 5 nitrogen and oxygen atoms in total. The highest BCUT2D eigenvalue weighted by molar-refractivity contribution is 7.09. The van der Waals surface area contributed by atoms with Gasteiger partial charge in [-0.05, 0) is 19.8 Å². The first kappa shape index (κ1) is 15.9. The number of nitriles is 1. The number of hydrogen-bond donors (Lipinski definition) is 0. The summed E-state index contributed by atoms with van der Waals surface area (Å²) in [6, 6.07) is 2.04. The minimum absolute atomic E-state index is 0.0535. The van der Waals surface area contributed by atoms with E-state index in [4.69, 9.17) is 0 Å². The number of nitrogens with zero attached hydrogens (tertiary/aromatic N) is 3. The van der Waals surface area contributed by atoms with Gasteiger partial charge in [0.15, 0.2) is 5.78 Å². The van der Waals surface area contributed by atoms with E-state index in [2.05, 4.69) is 4.98 Å². The SMILES string of the molecule is Cc1scnc1C(=O)N1CC[C@@]2(C=C(C#N)C(=O)C(C)(C)C2)C1. The van der Waals surface area contributed by atoms with Crippen LogP contribution in [0, 0.1) is 29.1 Å². The zero-order valence-corrected chi connectivity index (χ0v) is 14.4. The highest BCUT2D eigenvalue weighted by Crippen LogP contribution is 2.48. The average molecular weight is 329 g/mol. The maximum atomic E-state index is 12.6. The van der Waals surface area contributed by atoms with E-state index in [1.165, 1.54) is 11.3 Å². The summed E-state index contributed by atoms with van der Waals surface area (Å²) >= 11 is 1.46. The van der Waals surface area contributed by atoms with Gasteiger partial charge in [0, 0.05) is 28.8 Å². The van der Waals surface area contributed by atoms with Crippen molar-refractivity contribution < 1.29 is 9.59 Å². The fourth-order valence-corrected chi connectivity index (χ4v) is 4.39. The minimum Gasteiger partial charge on any atom is -0.336 e. The van der Waals surface area contributed by atoms with E-state index in [1.54, 1.807) is 10.4 Å².